The fraction of sp³-hybridized carbons (Fsp3) is 0.370. The van der Waals surface area contributed by atoms with E-state index in [2.05, 4.69) is 16.0 Å². The third-order valence-electron chi connectivity index (χ3n) is 5.98. The Bertz CT molecular complexity index is 1180. The summed E-state index contributed by atoms with van der Waals surface area (Å²) in [5, 5.41) is 14.0. The van der Waals surface area contributed by atoms with Gasteiger partial charge < -0.3 is 20.1 Å². The highest BCUT2D eigenvalue weighted by atomic mass is 19.3. The lowest BCUT2D eigenvalue weighted by molar-refractivity contribution is 0.185. The predicted molar refractivity (Wildman–Crippen MR) is 140 cm³/mol. The smallest absolute Gasteiger partial charge is 0.476 e. The minimum atomic E-state index is -2.83. The standard InChI is InChI=1S/C26H33N5O3.CF2O/c1-19-24(29-26(32)28-16-21-7-6-8-22(15-21)17-33-2)31(23-9-4-3-5-10-23)30-25(19)34-18-20-11-13-27-14-12-20;2-1(3)4/h3-10,15,20,27H,11-14,16-18H2,1-2H3,(H2,28,29,32);. The molecular formula is C27H33F2N5O4. The van der Waals surface area contributed by atoms with Crippen LogP contribution < -0.4 is 20.7 Å². The van der Waals surface area contributed by atoms with E-state index in [4.69, 9.17) is 19.4 Å². The maximum absolute atomic E-state index is 12.8. The van der Waals surface area contributed by atoms with Crippen LogP contribution in [0.15, 0.2) is 54.6 Å². The first kappa shape index (κ1) is 28.7. The Labute approximate surface area is 220 Å². The number of piperidine rings is 1. The van der Waals surface area contributed by atoms with Gasteiger partial charge in [-0.25, -0.2) is 14.3 Å². The van der Waals surface area contributed by atoms with E-state index in [0.29, 0.717) is 37.4 Å². The second-order valence-electron chi connectivity index (χ2n) is 8.82. The van der Waals surface area contributed by atoms with Crippen molar-refractivity contribution in [2.24, 2.45) is 5.92 Å². The molecule has 1 fully saturated rings. The predicted octanol–water partition coefficient (Wildman–Crippen LogP) is 5.07. The minimum absolute atomic E-state index is 0.303. The number of ether oxygens (including phenoxy) is 2. The van der Waals surface area contributed by atoms with Crippen molar-refractivity contribution in [3.8, 4) is 11.6 Å². The molecule has 0 atom stereocenters. The van der Waals surface area contributed by atoms with Crippen LogP contribution in [-0.2, 0) is 17.9 Å². The SMILES string of the molecule is COCc1cccc(CNC(=O)Nc2c(C)c(OCC3CCNCC3)nn2-c2ccccc2)c1.O=C(F)F. The van der Waals surface area contributed by atoms with E-state index in [1.54, 1.807) is 11.8 Å². The fourth-order valence-corrected chi connectivity index (χ4v) is 4.09. The van der Waals surface area contributed by atoms with Gasteiger partial charge in [0.15, 0.2) is 0 Å². The van der Waals surface area contributed by atoms with Crippen molar-refractivity contribution in [3.63, 3.8) is 0 Å². The lowest BCUT2D eigenvalue weighted by Gasteiger charge is -2.22. The monoisotopic (exact) mass is 529 g/mol. The van der Waals surface area contributed by atoms with Crippen LogP contribution >= 0.6 is 0 Å². The molecule has 11 heteroatoms. The van der Waals surface area contributed by atoms with E-state index < -0.39 is 6.29 Å². The van der Waals surface area contributed by atoms with Crippen molar-refractivity contribution in [1.29, 1.82) is 0 Å². The van der Waals surface area contributed by atoms with E-state index in [1.807, 2.05) is 61.5 Å². The molecule has 1 aliphatic heterocycles. The Kier molecular flexibility index (Phi) is 11.2. The van der Waals surface area contributed by atoms with Gasteiger partial charge in [0, 0.05) is 13.7 Å². The third kappa shape index (κ3) is 8.93. The Balaban J connectivity index is 0.000000934. The number of para-hydroxylation sites is 1. The zero-order valence-electron chi connectivity index (χ0n) is 21.5. The van der Waals surface area contributed by atoms with E-state index in [9.17, 15) is 13.6 Å². The number of halogens is 2. The molecule has 0 radical (unpaired) electrons. The Morgan fingerprint density at radius 1 is 1.08 bits per heavy atom. The van der Waals surface area contributed by atoms with Crippen LogP contribution in [0.4, 0.5) is 24.2 Å². The molecule has 2 aromatic carbocycles. The van der Waals surface area contributed by atoms with E-state index in [-0.39, 0.29) is 6.03 Å². The van der Waals surface area contributed by atoms with Gasteiger partial charge >= 0.3 is 12.3 Å². The number of hydrogen-bond acceptors (Lipinski definition) is 6. The van der Waals surface area contributed by atoms with E-state index >= 15 is 0 Å². The summed E-state index contributed by atoms with van der Waals surface area (Å²) in [6.07, 6.45) is -0.644. The molecule has 4 rings (SSSR count). The van der Waals surface area contributed by atoms with Crippen LogP contribution in [-0.4, -0.2) is 48.9 Å². The van der Waals surface area contributed by atoms with Gasteiger partial charge in [-0.05, 0) is 62.0 Å². The minimum Gasteiger partial charge on any atom is -0.476 e. The number of methoxy groups -OCH3 is 1. The average molecular weight is 530 g/mol. The van der Waals surface area contributed by atoms with E-state index in [1.165, 1.54) is 0 Å². The molecule has 0 spiro atoms. The van der Waals surface area contributed by atoms with Gasteiger partial charge in [0.05, 0.1) is 24.5 Å². The van der Waals surface area contributed by atoms with Crippen molar-refractivity contribution in [3.05, 3.63) is 71.3 Å². The lowest BCUT2D eigenvalue weighted by Crippen LogP contribution is -2.30. The van der Waals surface area contributed by atoms with Gasteiger partial charge in [-0.3, -0.25) is 5.32 Å². The molecule has 0 aliphatic carbocycles. The van der Waals surface area contributed by atoms with Gasteiger partial charge in [0.25, 0.3) is 0 Å². The fourth-order valence-electron chi connectivity index (χ4n) is 4.09. The summed E-state index contributed by atoms with van der Waals surface area (Å²) >= 11 is 0. The molecule has 0 saturated carbocycles. The van der Waals surface area contributed by atoms with Crippen LogP contribution in [0.3, 0.4) is 0 Å². The summed E-state index contributed by atoms with van der Waals surface area (Å²) in [6, 6.07) is 17.4. The molecular weight excluding hydrogens is 496 g/mol. The maximum Gasteiger partial charge on any atom is 0.483 e. The molecule has 3 aromatic rings. The molecule has 2 heterocycles. The number of anilines is 1. The van der Waals surface area contributed by atoms with Crippen LogP contribution in [0.1, 0.15) is 29.5 Å². The normalized spacial score (nSPS) is 13.3. The number of rotatable bonds is 9. The topological polar surface area (TPSA) is 107 Å². The summed E-state index contributed by atoms with van der Waals surface area (Å²) in [5.41, 5.74) is 3.72. The lowest BCUT2D eigenvalue weighted by atomic mass is 9.99. The highest BCUT2D eigenvalue weighted by Crippen LogP contribution is 2.29. The molecule has 1 aromatic heterocycles. The highest BCUT2D eigenvalue weighted by Gasteiger charge is 2.21. The van der Waals surface area contributed by atoms with Gasteiger partial charge in [0.2, 0.25) is 5.88 Å². The number of nitrogens with zero attached hydrogens (tertiary/aromatic N) is 2. The first-order valence-electron chi connectivity index (χ1n) is 12.3. The molecule has 0 unspecified atom stereocenters. The summed E-state index contributed by atoms with van der Waals surface area (Å²) in [5.74, 6) is 1.65. The molecule has 0 bridgehead atoms. The number of urea groups is 1. The Morgan fingerprint density at radius 2 is 1.76 bits per heavy atom. The number of nitrogens with one attached hydrogen (secondary N) is 3. The van der Waals surface area contributed by atoms with E-state index in [0.717, 1.165) is 48.3 Å². The Hall–Kier alpha value is -3.83. The van der Waals surface area contributed by atoms with Crippen molar-refractivity contribution >= 4 is 18.1 Å². The van der Waals surface area contributed by atoms with Crippen molar-refractivity contribution in [2.75, 3.05) is 32.1 Å². The van der Waals surface area contributed by atoms with Crippen LogP contribution in [0.25, 0.3) is 5.69 Å². The second-order valence-corrected chi connectivity index (χ2v) is 8.82. The number of carbonyl (C=O) groups is 2. The van der Waals surface area contributed by atoms with Crippen LogP contribution in [0.5, 0.6) is 5.88 Å². The molecule has 204 valence electrons. The van der Waals surface area contributed by atoms with Crippen LogP contribution in [0.2, 0.25) is 0 Å². The number of carbonyl (C=O) groups excluding carboxylic acids is 2. The average Bonchev–Trinajstić information content (AvgIpc) is 3.22. The first-order valence-corrected chi connectivity index (χ1v) is 12.3. The number of amides is 2. The number of benzene rings is 2. The first-order chi connectivity index (χ1) is 18.4. The number of aromatic nitrogens is 2. The summed E-state index contributed by atoms with van der Waals surface area (Å²) in [6.45, 7) is 5.53. The zero-order valence-corrected chi connectivity index (χ0v) is 21.5. The maximum atomic E-state index is 12.8. The summed E-state index contributed by atoms with van der Waals surface area (Å²) < 4.78 is 32.4. The van der Waals surface area contributed by atoms with Crippen molar-refractivity contribution in [1.82, 2.24) is 20.4 Å². The van der Waals surface area contributed by atoms with Gasteiger partial charge in [0.1, 0.15) is 5.82 Å². The van der Waals surface area contributed by atoms with Crippen LogP contribution in [0, 0.1) is 12.8 Å². The zero-order chi connectivity index (χ0) is 27.3. The molecule has 38 heavy (non-hydrogen) atoms. The van der Waals surface area contributed by atoms with Crippen molar-refractivity contribution < 1.29 is 27.8 Å². The largest absolute Gasteiger partial charge is 0.483 e. The molecule has 1 aliphatic rings. The third-order valence-corrected chi connectivity index (χ3v) is 5.98. The molecule has 1 saturated heterocycles. The summed E-state index contributed by atoms with van der Waals surface area (Å²) in [4.78, 5) is 20.9. The quantitative estimate of drug-likeness (QED) is 0.334. The van der Waals surface area contributed by atoms with Crippen molar-refractivity contribution in [2.45, 2.75) is 32.9 Å². The molecule has 3 N–H and O–H groups in total. The van der Waals surface area contributed by atoms with Gasteiger partial charge in [-0.1, -0.05) is 42.5 Å². The van der Waals surface area contributed by atoms with Gasteiger partial charge in [-0.15, -0.1) is 13.9 Å². The number of hydrogen-bond donors (Lipinski definition) is 3. The second kappa shape index (κ2) is 14.8. The Morgan fingerprint density at radius 3 is 2.45 bits per heavy atom. The summed E-state index contributed by atoms with van der Waals surface area (Å²) in [7, 11) is 1.67. The molecule has 9 nitrogen and oxygen atoms in total. The molecule has 2 amide bonds. The highest BCUT2D eigenvalue weighted by molar-refractivity contribution is 5.89. The van der Waals surface area contributed by atoms with Gasteiger partial charge in [-0.2, -0.15) is 0 Å².